The largest absolute Gasteiger partial charge is 0.467 e. The number of guanidine groups is 1. The van der Waals surface area contributed by atoms with E-state index in [0.29, 0.717) is 12.3 Å². The molecule has 2 aliphatic heterocycles. The quantitative estimate of drug-likeness (QED) is 0.548. The summed E-state index contributed by atoms with van der Waals surface area (Å²) < 4.78 is 5.25. The zero-order valence-corrected chi connectivity index (χ0v) is 17.6. The van der Waals surface area contributed by atoms with E-state index in [4.69, 9.17) is 4.42 Å². The van der Waals surface area contributed by atoms with Gasteiger partial charge < -0.3 is 24.6 Å². The highest BCUT2D eigenvalue weighted by molar-refractivity contribution is 5.80. The third-order valence-electron chi connectivity index (χ3n) is 5.61. The molecule has 1 atom stereocenters. The van der Waals surface area contributed by atoms with Crippen molar-refractivity contribution in [2.24, 2.45) is 4.99 Å². The lowest BCUT2D eigenvalue weighted by molar-refractivity contribution is -0.132. The van der Waals surface area contributed by atoms with Gasteiger partial charge >= 0.3 is 0 Å². The molecule has 2 aliphatic rings. The van der Waals surface area contributed by atoms with Crippen LogP contribution in [0.25, 0.3) is 0 Å². The van der Waals surface area contributed by atoms with E-state index in [1.165, 1.54) is 12.8 Å². The molecule has 0 aliphatic carbocycles. The van der Waals surface area contributed by atoms with E-state index in [-0.39, 0.29) is 12.5 Å². The molecule has 2 N–H and O–H groups in total. The van der Waals surface area contributed by atoms with Crippen molar-refractivity contribution in [1.29, 1.82) is 0 Å². The van der Waals surface area contributed by atoms with Crippen molar-refractivity contribution < 1.29 is 14.3 Å². The van der Waals surface area contributed by atoms with E-state index in [1.807, 2.05) is 11.8 Å². The number of aliphatic imine (C=N–C) groups is 1. The van der Waals surface area contributed by atoms with E-state index >= 15 is 0 Å². The van der Waals surface area contributed by atoms with Crippen molar-refractivity contribution in [3.05, 3.63) is 24.2 Å². The Bertz CT molecular complexity index is 633. The Morgan fingerprint density at radius 3 is 2.48 bits per heavy atom. The molecule has 1 aromatic heterocycles. The normalized spacial score (nSPS) is 20.4. The zero-order valence-electron chi connectivity index (χ0n) is 17.6. The van der Waals surface area contributed by atoms with Gasteiger partial charge in [0.15, 0.2) is 5.96 Å². The monoisotopic (exact) mass is 405 g/mol. The second-order valence-electron chi connectivity index (χ2n) is 7.78. The highest BCUT2D eigenvalue weighted by Crippen LogP contribution is 2.14. The fourth-order valence-corrected chi connectivity index (χ4v) is 3.90. The van der Waals surface area contributed by atoms with Crippen LogP contribution in [0.5, 0.6) is 0 Å². The summed E-state index contributed by atoms with van der Waals surface area (Å²) in [5.41, 5.74) is 0. The Labute approximate surface area is 173 Å². The summed E-state index contributed by atoms with van der Waals surface area (Å²) in [6.07, 6.45) is 5.55. The lowest BCUT2D eigenvalue weighted by Gasteiger charge is -2.37. The van der Waals surface area contributed by atoms with Gasteiger partial charge in [-0.2, -0.15) is 0 Å². The van der Waals surface area contributed by atoms with Crippen LogP contribution < -0.4 is 5.32 Å². The molecule has 1 unspecified atom stereocenters. The molecule has 8 heteroatoms. The summed E-state index contributed by atoms with van der Waals surface area (Å²) in [6.45, 7) is 8.70. The van der Waals surface area contributed by atoms with Crippen molar-refractivity contribution >= 4 is 11.9 Å². The SMILES string of the molecule is CCNC(=NCC(O)c1ccco1)N1CCN(CC(=O)N2CCCCCC2)CC1. The van der Waals surface area contributed by atoms with Gasteiger partial charge in [-0.05, 0) is 31.9 Å². The molecule has 0 spiro atoms. The van der Waals surface area contributed by atoms with Crippen molar-refractivity contribution in [2.45, 2.75) is 38.7 Å². The number of nitrogens with one attached hydrogen (secondary N) is 1. The molecular formula is C21H35N5O3. The minimum absolute atomic E-state index is 0.253. The maximum atomic E-state index is 12.6. The molecule has 2 fully saturated rings. The van der Waals surface area contributed by atoms with Crippen molar-refractivity contribution in [3.63, 3.8) is 0 Å². The second-order valence-corrected chi connectivity index (χ2v) is 7.78. The van der Waals surface area contributed by atoms with Crippen LogP contribution in [0.3, 0.4) is 0 Å². The first-order valence-electron chi connectivity index (χ1n) is 10.9. The molecule has 29 heavy (non-hydrogen) atoms. The van der Waals surface area contributed by atoms with Gasteiger partial charge in [0, 0.05) is 45.8 Å². The summed E-state index contributed by atoms with van der Waals surface area (Å²) in [5.74, 6) is 1.60. The third kappa shape index (κ3) is 6.47. The van der Waals surface area contributed by atoms with Crippen molar-refractivity contribution in [3.8, 4) is 0 Å². The predicted molar refractivity (Wildman–Crippen MR) is 113 cm³/mol. The molecule has 0 saturated carbocycles. The average Bonchev–Trinajstić information content (AvgIpc) is 3.14. The van der Waals surface area contributed by atoms with Crippen LogP contribution in [0.15, 0.2) is 27.8 Å². The summed E-state index contributed by atoms with van der Waals surface area (Å²) >= 11 is 0. The second kappa shape index (κ2) is 11.2. The van der Waals surface area contributed by atoms with Gasteiger partial charge in [0.1, 0.15) is 11.9 Å². The van der Waals surface area contributed by atoms with Gasteiger partial charge in [-0.25, -0.2) is 4.99 Å². The van der Waals surface area contributed by atoms with Crippen LogP contribution in [-0.4, -0.2) is 90.6 Å². The molecule has 3 heterocycles. The number of aliphatic hydroxyl groups is 1. The molecule has 0 radical (unpaired) electrons. The van der Waals surface area contributed by atoms with Gasteiger partial charge in [0.2, 0.25) is 5.91 Å². The van der Waals surface area contributed by atoms with Gasteiger partial charge in [-0.15, -0.1) is 0 Å². The molecule has 8 nitrogen and oxygen atoms in total. The van der Waals surface area contributed by atoms with Crippen LogP contribution in [0.1, 0.15) is 44.5 Å². The Morgan fingerprint density at radius 1 is 1.14 bits per heavy atom. The van der Waals surface area contributed by atoms with E-state index < -0.39 is 6.10 Å². The molecule has 0 bridgehead atoms. The van der Waals surface area contributed by atoms with Crippen LogP contribution in [0, 0.1) is 0 Å². The summed E-state index contributed by atoms with van der Waals surface area (Å²) in [7, 11) is 0. The van der Waals surface area contributed by atoms with Crippen LogP contribution in [0.4, 0.5) is 0 Å². The number of aliphatic hydroxyl groups excluding tert-OH is 1. The van der Waals surface area contributed by atoms with Gasteiger partial charge in [0.05, 0.1) is 19.4 Å². The highest BCUT2D eigenvalue weighted by atomic mass is 16.4. The molecule has 162 valence electrons. The molecular weight excluding hydrogens is 370 g/mol. The van der Waals surface area contributed by atoms with Crippen molar-refractivity contribution in [1.82, 2.24) is 20.0 Å². The lowest BCUT2D eigenvalue weighted by Crippen LogP contribution is -2.54. The molecule has 0 aromatic carbocycles. The van der Waals surface area contributed by atoms with Gasteiger partial charge in [-0.3, -0.25) is 9.69 Å². The van der Waals surface area contributed by atoms with Crippen LogP contribution in [-0.2, 0) is 4.79 Å². The first kappa shape index (κ1) is 21.6. The number of amides is 1. The Kier molecular flexibility index (Phi) is 8.37. The van der Waals surface area contributed by atoms with Crippen LogP contribution >= 0.6 is 0 Å². The average molecular weight is 406 g/mol. The third-order valence-corrected chi connectivity index (χ3v) is 5.61. The van der Waals surface area contributed by atoms with E-state index in [9.17, 15) is 9.90 Å². The minimum atomic E-state index is -0.744. The number of hydrogen-bond acceptors (Lipinski definition) is 5. The maximum absolute atomic E-state index is 12.6. The molecule has 1 amide bonds. The fraction of sp³-hybridized carbons (Fsp3) is 0.714. The highest BCUT2D eigenvalue weighted by Gasteiger charge is 2.24. The topological polar surface area (TPSA) is 84.5 Å². The number of hydrogen-bond donors (Lipinski definition) is 2. The first-order valence-corrected chi connectivity index (χ1v) is 10.9. The van der Waals surface area contributed by atoms with Gasteiger partial charge in [-0.1, -0.05) is 12.8 Å². The number of piperazine rings is 1. The fourth-order valence-electron chi connectivity index (χ4n) is 3.90. The Balaban J connectivity index is 1.47. The maximum Gasteiger partial charge on any atom is 0.236 e. The number of likely N-dealkylation sites (tertiary alicyclic amines) is 1. The predicted octanol–water partition coefficient (Wildman–Crippen LogP) is 1.30. The standard InChI is InChI=1S/C21H35N5O3/c1-2-22-21(23-16-18(27)19-8-7-15-29-19)26-13-11-24(12-14-26)17-20(28)25-9-5-3-4-6-10-25/h7-8,15,18,27H,2-6,9-14,16-17H2,1H3,(H,22,23). The number of nitrogens with zero attached hydrogens (tertiary/aromatic N) is 4. The summed E-state index contributed by atoms with van der Waals surface area (Å²) in [6, 6.07) is 3.52. The molecule has 3 rings (SSSR count). The van der Waals surface area contributed by atoms with Crippen LogP contribution in [0.2, 0.25) is 0 Å². The minimum Gasteiger partial charge on any atom is -0.467 e. The van der Waals surface area contributed by atoms with Crippen molar-refractivity contribution in [2.75, 3.05) is 58.9 Å². The van der Waals surface area contributed by atoms with E-state index in [1.54, 1.807) is 18.4 Å². The smallest absolute Gasteiger partial charge is 0.236 e. The molecule has 1 aromatic rings. The Morgan fingerprint density at radius 2 is 1.86 bits per heavy atom. The number of carbonyl (C=O) groups is 1. The molecule has 2 saturated heterocycles. The first-order chi connectivity index (χ1) is 14.2. The lowest BCUT2D eigenvalue weighted by atomic mass is 10.2. The number of rotatable bonds is 6. The number of furan rings is 1. The Hall–Kier alpha value is -2.06. The zero-order chi connectivity index (χ0) is 20.5. The summed E-state index contributed by atoms with van der Waals surface area (Å²) in [5, 5.41) is 13.5. The van der Waals surface area contributed by atoms with E-state index in [0.717, 1.165) is 64.6 Å². The summed E-state index contributed by atoms with van der Waals surface area (Å²) in [4.78, 5) is 23.7. The van der Waals surface area contributed by atoms with Gasteiger partial charge in [0.25, 0.3) is 0 Å². The number of carbonyl (C=O) groups excluding carboxylic acids is 1. The van der Waals surface area contributed by atoms with E-state index in [2.05, 4.69) is 20.1 Å².